The molecule has 2 amide bonds. The number of halogens is 4. The maximum atomic E-state index is 13.5. The van der Waals surface area contributed by atoms with Crippen molar-refractivity contribution in [3.63, 3.8) is 0 Å². The number of benzene rings is 1. The van der Waals surface area contributed by atoms with Crippen LogP contribution in [-0.2, 0) is 24.4 Å². The van der Waals surface area contributed by atoms with Crippen LogP contribution in [0.4, 0.5) is 24.7 Å². The Balaban J connectivity index is 1.74. The maximum absolute atomic E-state index is 13.5. The standard InChI is InChI=1S/C22H19ClF3N5O2/c1-30-12-15(11-27-30)18-5-4-13-3-2-6-31(20(13)29-18)21(33)14-7-16(22(24,25)26)9-17(8-14)28-19(32)10-23/h4-5,7-9,11-12H,2-3,6,10H2,1H3,(H,28,32). The van der Waals surface area contributed by atoms with Crippen LogP contribution in [-0.4, -0.2) is 39.0 Å². The zero-order valence-electron chi connectivity index (χ0n) is 17.5. The van der Waals surface area contributed by atoms with Crippen molar-refractivity contribution in [1.29, 1.82) is 0 Å². The van der Waals surface area contributed by atoms with Gasteiger partial charge in [-0.25, -0.2) is 4.98 Å². The highest BCUT2D eigenvalue weighted by molar-refractivity contribution is 6.29. The summed E-state index contributed by atoms with van der Waals surface area (Å²) < 4.78 is 42.0. The minimum atomic E-state index is -4.71. The first-order valence-corrected chi connectivity index (χ1v) is 10.6. The van der Waals surface area contributed by atoms with Crippen LogP contribution in [0.3, 0.4) is 0 Å². The van der Waals surface area contributed by atoms with Gasteiger partial charge in [0.05, 0.1) is 17.5 Å². The van der Waals surface area contributed by atoms with Crippen LogP contribution >= 0.6 is 11.6 Å². The molecule has 0 saturated carbocycles. The molecule has 1 aliphatic heterocycles. The first kappa shape index (κ1) is 22.8. The molecule has 0 fully saturated rings. The van der Waals surface area contributed by atoms with E-state index in [4.69, 9.17) is 11.6 Å². The van der Waals surface area contributed by atoms with Gasteiger partial charge in [0.1, 0.15) is 11.7 Å². The lowest BCUT2D eigenvalue weighted by Crippen LogP contribution is -2.36. The average Bonchev–Trinajstić information content (AvgIpc) is 3.23. The fourth-order valence-electron chi connectivity index (χ4n) is 3.69. The van der Waals surface area contributed by atoms with Gasteiger partial charge in [0.25, 0.3) is 5.91 Å². The van der Waals surface area contributed by atoms with Crippen molar-refractivity contribution < 1.29 is 22.8 Å². The molecule has 0 saturated heterocycles. The molecule has 4 rings (SSSR count). The molecule has 11 heteroatoms. The normalized spacial score (nSPS) is 13.5. The van der Waals surface area contributed by atoms with Crippen LogP contribution in [0.15, 0.2) is 42.7 Å². The van der Waals surface area contributed by atoms with Crippen LogP contribution in [0, 0.1) is 0 Å². The van der Waals surface area contributed by atoms with Gasteiger partial charge in [0.2, 0.25) is 5.91 Å². The van der Waals surface area contributed by atoms with Crippen LogP contribution in [0.5, 0.6) is 0 Å². The van der Waals surface area contributed by atoms with E-state index in [9.17, 15) is 22.8 Å². The summed E-state index contributed by atoms with van der Waals surface area (Å²) in [6, 6.07) is 6.44. The van der Waals surface area contributed by atoms with Gasteiger partial charge >= 0.3 is 6.18 Å². The molecule has 7 nitrogen and oxygen atoms in total. The molecule has 0 atom stereocenters. The number of rotatable bonds is 4. The maximum Gasteiger partial charge on any atom is 0.416 e. The number of nitrogens with one attached hydrogen (secondary N) is 1. The summed E-state index contributed by atoms with van der Waals surface area (Å²) >= 11 is 5.46. The Bertz CT molecular complexity index is 1220. The average molecular weight is 478 g/mol. The summed E-state index contributed by atoms with van der Waals surface area (Å²) in [5, 5.41) is 6.41. The number of pyridine rings is 1. The minimum Gasteiger partial charge on any atom is -0.325 e. The number of amides is 2. The van der Waals surface area contributed by atoms with E-state index in [1.54, 1.807) is 24.1 Å². The first-order valence-electron chi connectivity index (χ1n) is 10.0. The molecule has 1 aliphatic rings. The number of aryl methyl sites for hydroxylation is 2. The van der Waals surface area contributed by atoms with Crippen molar-refractivity contribution in [2.45, 2.75) is 19.0 Å². The number of fused-ring (bicyclic) bond motifs is 1. The summed E-state index contributed by atoms with van der Waals surface area (Å²) in [7, 11) is 1.77. The molecule has 0 unspecified atom stereocenters. The minimum absolute atomic E-state index is 0.159. The number of carbonyl (C=O) groups excluding carboxylic acids is 2. The van der Waals surface area contributed by atoms with Gasteiger partial charge in [-0.05, 0) is 42.7 Å². The summed E-state index contributed by atoms with van der Waals surface area (Å²) in [5.74, 6) is -1.35. The predicted octanol–water partition coefficient (Wildman–Crippen LogP) is 4.27. The molecule has 0 aliphatic carbocycles. The second-order valence-corrected chi connectivity index (χ2v) is 7.89. The van der Waals surface area contributed by atoms with Crippen molar-refractivity contribution in [3.05, 3.63) is 59.4 Å². The molecule has 33 heavy (non-hydrogen) atoms. The highest BCUT2D eigenvalue weighted by atomic mass is 35.5. The Kier molecular flexibility index (Phi) is 6.11. The van der Waals surface area contributed by atoms with E-state index in [-0.39, 0.29) is 11.3 Å². The number of nitrogens with zero attached hydrogens (tertiary/aromatic N) is 4. The third-order valence-electron chi connectivity index (χ3n) is 5.20. The van der Waals surface area contributed by atoms with Crippen LogP contribution in [0.1, 0.15) is 27.9 Å². The van der Waals surface area contributed by atoms with E-state index < -0.39 is 29.4 Å². The summed E-state index contributed by atoms with van der Waals surface area (Å²) in [4.78, 5) is 31.0. The number of carbonyl (C=O) groups is 2. The molecule has 0 spiro atoms. The fourth-order valence-corrected chi connectivity index (χ4v) is 3.76. The highest BCUT2D eigenvalue weighted by Crippen LogP contribution is 2.34. The van der Waals surface area contributed by atoms with Gasteiger partial charge in [0.15, 0.2) is 0 Å². The van der Waals surface area contributed by atoms with Gasteiger partial charge < -0.3 is 5.32 Å². The van der Waals surface area contributed by atoms with Crippen molar-refractivity contribution in [1.82, 2.24) is 14.8 Å². The fraction of sp³-hybridized carbons (Fsp3) is 0.273. The molecule has 0 radical (unpaired) electrons. The molecule has 3 aromatic rings. The van der Waals surface area contributed by atoms with Crippen molar-refractivity contribution in [2.24, 2.45) is 7.05 Å². The predicted molar refractivity (Wildman–Crippen MR) is 117 cm³/mol. The topological polar surface area (TPSA) is 80.1 Å². The zero-order chi connectivity index (χ0) is 23.8. The van der Waals surface area contributed by atoms with Gasteiger partial charge in [0, 0.05) is 36.6 Å². The second-order valence-electron chi connectivity index (χ2n) is 7.62. The summed E-state index contributed by atoms with van der Waals surface area (Å²) in [6.07, 6.45) is 0.0491. The van der Waals surface area contributed by atoms with Crippen LogP contribution < -0.4 is 10.2 Å². The third-order valence-corrected chi connectivity index (χ3v) is 5.44. The Hall–Kier alpha value is -3.40. The van der Waals surface area contributed by atoms with Crippen LogP contribution in [0.25, 0.3) is 11.3 Å². The van der Waals surface area contributed by atoms with Crippen molar-refractivity contribution in [3.8, 4) is 11.3 Å². The number of anilines is 2. The van der Waals surface area contributed by atoms with Gasteiger partial charge in [-0.1, -0.05) is 6.07 Å². The van der Waals surface area contributed by atoms with Gasteiger partial charge in [-0.2, -0.15) is 18.3 Å². The van der Waals surface area contributed by atoms with Gasteiger partial charge in [-0.3, -0.25) is 19.2 Å². The lowest BCUT2D eigenvalue weighted by molar-refractivity contribution is -0.137. The summed E-state index contributed by atoms with van der Waals surface area (Å²) in [6.45, 7) is 0.301. The smallest absolute Gasteiger partial charge is 0.325 e. The Morgan fingerprint density at radius 1 is 1.21 bits per heavy atom. The molecule has 3 heterocycles. The molecule has 172 valence electrons. The lowest BCUT2D eigenvalue weighted by Gasteiger charge is -2.29. The van der Waals surface area contributed by atoms with E-state index in [0.717, 1.165) is 23.3 Å². The molecule has 2 aromatic heterocycles. The molecule has 0 bridgehead atoms. The van der Waals surface area contributed by atoms with Gasteiger partial charge in [-0.15, -0.1) is 11.6 Å². The van der Waals surface area contributed by atoms with E-state index >= 15 is 0 Å². The SMILES string of the molecule is Cn1cc(-c2ccc3c(n2)N(C(=O)c2cc(NC(=O)CCl)cc(C(F)(F)F)c2)CCC3)cn1. The Morgan fingerprint density at radius 3 is 2.67 bits per heavy atom. The lowest BCUT2D eigenvalue weighted by atomic mass is 10.0. The van der Waals surface area contributed by atoms with Crippen LogP contribution in [0.2, 0.25) is 0 Å². The number of alkyl halides is 4. The Morgan fingerprint density at radius 2 is 2.00 bits per heavy atom. The second kappa shape index (κ2) is 8.86. The number of hydrogen-bond acceptors (Lipinski definition) is 4. The van der Waals surface area contributed by atoms with E-state index in [2.05, 4.69) is 15.4 Å². The van der Waals surface area contributed by atoms with E-state index in [1.807, 2.05) is 12.1 Å². The molecular weight excluding hydrogens is 459 g/mol. The zero-order valence-corrected chi connectivity index (χ0v) is 18.2. The first-order chi connectivity index (χ1) is 15.7. The third kappa shape index (κ3) is 4.85. The molecular formula is C22H19ClF3N5O2. The monoisotopic (exact) mass is 477 g/mol. The Labute approximate surface area is 192 Å². The highest BCUT2D eigenvalue weighted by Gasteiger charge is 2.33. The number of aromatic nitrogens is 3. The molecule has 1 N–H and O–H groups in total. The van der Waals surface area contributed by atoms with Crippen molar-refractivity contribution in [2.75, 3.05) is 22.6 Å². The van der Waals surface area contributed by atoms with E-state index in [0.29, 0.717) is 30.9 Å². The summed E-state index contributed by atoms with van der Waals surface area (Å²) in [5.41, 5.74) is 0.755. The van der Waals surface area contributed by atoms with Crippen molar-refractivity contribution >= 4 is 34.9 Å². The quantitative estimate of drug-likeness (QED) is 0.569. The van der Waals surface area contributed by atoms with E-state index in [1.165, 1.54) is 11.0 Å². The molecule has 1 aromatic carbocycles. The largest absolute Gasteiger partial charge is 0.416 e. The number of hydrogen-bond donors (Lipinski definition) is 1.